The Kier molecular flexibility index (Phi) is 14.9. The molecule has 4 nitrogen and oxygen atoms in total. The smallest absolute Gasteiger partial charge is 0.139 e. The highest BCUT2D eigenvalue weighted by atomic mass is 32.1. The Hall–Kier alpha value is -2.26. The number of rotatable bonds is 23. The first-order chi connectivity index (χ1) is 25.9. The van der Waals surface area contributed by atoms with Crippen molar-refractivity contribution in [2.45, 2.75) is 175 Å². The van der Waals surface area contributed by atoms with Crippen molar-refractivity contribution in [3.63, 3.8) is 0 Å². The molecule has 1 aliphatic carbocycles. The molecule has 0 saturated carbocycles. The van der Waals surface area contributed by atoms with Crippen molar-refractivity contribution >= 4 is 45.3 Å². The lowest BCUT2D eigenvalue weighted by atomic mass is 9.71. The standard InChI is InChI=1S/C45H62N4S4/c1-7-11-15-19-23-33-27-31(5)50-39(33)43-46-48-44(49-47-43)40-34(24-20-16-12-8-2)29-37(52-40)38-30-36-42(53-38)41-35(28-32(6)51-41)45(36,25-21-17-13-9-3)26-22-18-14-10-4/h27-30H,7-26H2,1-6H3. The highest BCUT2D eigenvalue weighted by molar-refractivity contribution is 7.27. The average molecular weight is 787 g/mol. The highest BCUT2D eigenvalue weighted by Crippen LogP contribution is 2.61. The quantitative estimate of drug-likeness (QED) is 0.0619. The zero-order chi connectivity index (χ0) is 37.2. The normalized spacial score (nSPS) is 13.2. The Bertz CT molecular complexity index is 1860. The third-order valence-corrected chi connectivity index (χ3v) is 16.0. The van der Waals surface area contributed by atoms with Gasteiger partial charge in [0.2, 0.25) is 11.6 Å². The molecule has 0 saturated heterocycles. The van der Waals surface area contributed by atoms with Gasteiger partial charge < -0.3 is 0 Å². The van der Waals surface area contributed by atoms with Crippen LogP contribution in [-0.2, 0) is 18.3 Å². The average Bonchev–Trinajstić information content (AvgIpc) is 3.98. The van der Waals surface area contributed by atoms with E-state index in [0.717, 1.165) is 22.6 Å². The van der Waals surface area contributed by atoms with Crippen LogP contribution in [0.1, 0.15) is 175 Å². The molecule has 0 aromatic carbocycles. The lowest BCUT2D eigenvalue weighted by Crippen LogP contribution is -2.25. The molecule has 5 aromatic heterocycles. The van der Waals surface area contributed by atoms with E-state index in [1.165, 1.54) is 146 Å². The van der Waals surface area contributed by atoms with Crippen molar-refractivity contribution in [2.75, 3.05) is 0 Å². The molecular weight excluding hydrogens is 725 g/mol. The summed E-state index contributed by atoms with van der Waals surface area (Å²) >= 11 is 7.69. The summed E-state index contributed by atoms with van der Waals surface area (Å²) in [6.07, 6.45) is 25.1. The number of fused-ring (bicyclic) bond motifs is 3. The first kappa shape index (κ1) is 40.4. The molecule has 0 unspecified atom stereocenters. The first-order valence-corrected chi connectivity index (χ1v) is 24.2. The third-order valence-electron chi connectivity index (χ3n) is 11.2. The molecule has 0 atom stereocenters. The minimum absolute atomic E-state index is 0.149. The lowest BCUT2D eigenvalue weighted by molar-refractivity contribution is 0.402. The fourth-order valence-corrected chi connectivity index (χ4v) is 13.1. The van der Waals surface area contributed by atoms with Gasteiger partial charge in [-0.25, -0.2) is 0 Å². The monoisotopic (exact) mass is 786 g/mol. The predicted octanol–water partition coefficient (Wildman–Crippen LogP) is 15.6. The van der Waals surface area contributed by atoms with Gasteiger partial charge in [0.1, 0.15) is 0 Å². The van der Waals surface area contributed by atoms with Crippen LogP contribution >= 0.6 is 45.3 Å². The maximum atomic E-state index is 4.80. The molecule has 0 spiro atoms. The summed E-state index contributed by atoms with van der Waals surface area (Å²) in [5.41, 5.74) is 6.10. The summed E-state index contributed by atoms with van der Waals surface area (Å²) in [6.45, 7) is 13.7. The zero-order valence-corrected chi connectivity index (χ0v) is 36.6. The van der Waals surface area contributed by atoms with E-state index in [9.17, 15) is 0 Å². The van der Waals surface area contributed by atoms with Gasteiger partial charge in [-0.15, -0.1) is 65.7 Å². The number of unbranched alkanes of at least 4 members (excludes halogenated alkanes) is 12. The molecule has 8 heteroatoms. The van der Waals surface area contributed by atoms with Gasteiger partial charge in [-0.2, -0.15) is 0 Å². The van der Waals surface area contributed by atoms with Crippen LogP contribution in [0.25, 0.3) is 40.9 Å². The molecule has 1 aliphatic rings. The number of nitrogens with zero attached hydrogens (tertiary/aromatic N) is 4. The Balaban J connectivity index is 1.34. The van der Waals surface area contributed by atoms with Crippen LogP contribution in [0.15, 0.2) is 24.3 Å². The van der Waals surface area contributed by atoms with Gasteiger partial charge in [0.15, 0.2) is 0 Å². The summed E-state index contributed by atoms with van der Waals surface area (Å²) in [7, 11) is 0. The second-order valence-electron chi connectivity index (χ2n) is 15.5. The molecule has 6 rings (SSSR count). The number of aromatic nitrogens is 4. The Morgan fingerprint density at radius 3 is 1.42 bits per heavy atom. The third kappa shape index (κ3) is 9.41. The topological polar surface area (TPSA) is 51.6 Å². The summed E-state index contributed by atoms with van der Waals surface area (Å²) < 4.78 is 0. The van der Waals surface area contributed by atoms with Crippen molar-refractivity contribution in [3.8, 4) is 40.9 Å². The molecule has 0 radical (unpaired) electrons. The predicted molar refractivity (Wildman–Crippen MR) is 234 cm³/mol. The van der Waals surface area contributed by atoms with Crippen LogP contribution in [0.2, 0.25) is 0 Å². The van der Waals surface area contributed by atoms with E-state index in [2.05, 4.69) is 65.8 Å². The highest BCUT2D eigenvalue weighted by Gasteiger charge is 2.45. The number of hydrogen-bond acceptors (Lipinski definition) is 8. The largest absolute Gasteiger partial charge is 0.213 e. The molecule has 286 valence electrons. The minimum Gasteiger partial charge on any atom is -0.139 e. The fraction of sp³-hybridized carbons (Fsp3) is 0.600. The fourth-order valence-electron chi connectivity index (χ4n) is 8.35. The maximum absolute atomic E-state index is 4.80. The van der Waals surface area contributed by atoms with Crippen molar-refractivity contribution in [2.24, 2.45) is 0 Å². The number of aryl methyl sites for hydroxylation is 4. The second kappa shape index (κ2) is 19.6. The number of thiophene rings is 4. The molecule has 0 bridgehead atoms. The first-order valence-electron chi connectivity index (χ1n) is 21.0. The molecule has 53 heavy (non-hydrogen) atoms. The lowest BCUT2D eigenvalue weighted by Gasteiger charge is -2.31. The van der Waals surface area contributed by atoms with Crippen molar-refractivity contribution < 1.29 is 0 Å². The molecule has 0 amide bonds. The Morgan fingerprint density at radius 1 is 0.434 bits per heavy atom. The van der Waals surface area contributed by atoms with Gasteiger partial charge in [-0.05, 0) is 98.9 Å². The van der Waals surface area contributed by atoms with Gasteiger partial charge >= 0.3 is 0 Å². The van der Waals surface area contributed by atoms with E-state index in [0.29, 0.717) is 11.6 Å². The van der Waals surface area contributed by atoms with Gasteiger partial charge in [0, 0.05) is 34.7 Å². The zero-order valence-electron chi connectivity index (χ0n) is 33.4. The van der Waals surface area contributed by atoms with Crippen LogP contribution in [0.5, 0.6) is 0 Å². The van der Waals surface area contributed by atoms with E-state index in [4.69, 9.17) is 20.4 Å². The van der Waals surface area contributed by atoms with Gasteiger partial charge in [0.05, 0.1) is 9.75 Å². The molecule has 5 aromatic rings. The molecule has 0 N–H and O–H groups in total. The molecule has 0 fully saturated rings. The van der Waals surface area contributed by atoms with Crippen LogP contribution in [0, 0.1) is 13.8 Å². The molecule has 0 aliphatic heterocycles. The van der Waals surface area contributed by atoms with Crippen molar-refractivity contribution in [1.29, 1.82) is 0 Å². The summed E-state index contributed by atoms with van der Waals surface area (Å²) in [6, 6.07) is 9.94. The molecular formula is C45H62N4S4. The SMILES string of the molecule is CCCCCCc1cc(C)sc1-c1nnc(-c2sc(-c3cc4c(s3)-c3sc(C)cc3C4(CCCCCC)CCCCCC)cc2CCCCCC)nn1. The summed E-state index contributed by atoms with van der Waals surface area (Å²) in [4.78, 5) is 10.9. The van der Waals surface area contributed by atoms with E-state index < -0.39 is 0 Å². The van der Waals surface area contributed by atoms with E-state index >= 15 is 0 Å². The minimum atomic E-state index is 0.149. The van der Waals surface area contributed by atoms with Gasteiger partial charge in [0.25, 0.3) is 0 Å². The summed E-state index contributed by atoms with van der Waals surface area (Å²) in [5, 5.41) is 19.1. The van der Waals surface area contributed by atoms with E-state index in [-0.39, 0.29) is 5.41 Å². The second-order valence-corrected chi connectivity index (χ2v) is 20.1. The van der Waals surface area contributed by atoms with Crippen LogP contribution in [0.3, 0.4) is 0 Å². The van der Waals surface area contributed by atoms with Crippen LogP contribution in [-0.4, -0.2) is 20.4 Å². The van der Waals surface area contributed by atoms with Crippen molar-refractivity contribution in [3.05, 3.63) is 56.3 Å². The maximum Gasteiger partial charge on any atom is 0.213 e. The Morgan fingerprint density at radius 2 is 0.849 bits per heavy atom. The van der Waals surface area contributed by atoms with Crippen molar-refractivity contribution in [1.82, 2.24) is 20.4 Å². The van der Waals surface area contributed by atoms with Gasteiger partial charge in [-0.3, -0.25) is 0 Å². The van der Waals surface area contributed by atoms with E-state index in [1.807, 2.05) is 34.0 Å². The Labute approximate surface area is 336 Å². The van der Waals surface area contributed by atoms with Crippen LogP contribution < -0.4 is 0 Å². The van der Waals surface area contributed by atoms with E-state index in [1.54, 1.807) is 32.2 Å². The summed E-state index contributed by atoms with van der Waals surface area (Å²) in [5.74, 6) is 1.35. The molecule has 5 heterocycles. The van der Waals surface area contributed by atoms with Crippen LogP contribution in [0.4, 0.5) is 0 Å². The van der Waals surface area contributed by atoms with Gasteiger partial charge in [-0.1, -0.05) is 118 Å². The number of hydrogen-bond donors (Lipinski definition) is 0.